The molecule has 34 heavy (non-hydrogen) atoms. The molecule has 2 saturated heterocycles. The molecule has 0 spiro atoms. The fourth-order valence-corrected chi connectivity index (χ4v) is 5.99. The predicted octanol–water partition coefficient (Wildman–Crippen LogP) is 3.61. The molecule has 4 aliphatic rings. The Bertz CT molecular complexity index is 1240. The highest BCUT2D eigenvalue weighted by Crippen LogP contribution is 2.53. The van der Waals surface area contributed by atoms with Crippen LogP contribution in [0.1, 0.15) is 12.8 Å². The van der Waals surface area contributed by atoms with Crippen LogP contribution in [0.25, 0.3) is 0 Å². The fraction of sp³-hybridized carbons (Fsp3) is 0.308. The number of amides is 3. The Morgan fingerprint density at radius 3 is 2.29 bits per heavy atom. The van der Waals surface area contributed by atoms with E-state index in [4.69, 9.17) is 16.3 Å². The fourth-order valence-electron chi connectivity index (χ4n) is 5.80. The number of esters is 1. The van der Waals surface area contributed by atoms with E-state index in [1.807, 2.05) is 12.2 Å². The first kappa shape index (κ1) is 21.1. The second-order valence-electron chi connectivity index (χ2n) is 9.32. The minimum Gasteiger partial charge on any atom is -0.426 e. The standard InChI is InChI=1S/C26H21ClN2O5/c27-17-3-1-4-18(11-17)28-13-16(10-21(28)30)26(33)34-20-6-2-5-19(12-20)29-24(31)22-14-7-8-15(9-14)23(22)25(29)32/h1-8,11-12,14-16,22-23H,9-10,13H2/t14-,15-,16+,22-,23+/m0/s1. The van der Waals surface area contributed by atoms with Gasteiger partial charge in [-0.1, -0.05) is 35.9 Å². The molecule has 172 valence electrons. The Hall–Kier alpha value is -3.45. The number of ether oxygens (including phenoxy) is 1. The molecule has 1 saturated carbocycles. The molecule has 0 aromatic heterocycles. The van der Waals surface area contributed by atoms with Gasteiger partial charge in [0.2, 0.25) is 17.7 Å². The van der Waals surface area contributed by atoms with E-state index in [1.54, 1.807) is 42.5 Å². The van der Waals surface area contributed by atoms with Crippen LogP contribution in [0.3, 0.4) is 0 Å². The molecule has 5 atom stereocenters. The Morgan fingerprint density at radius 2 is 1.59 bits per heavy atom. The summed E-state index contributed by atoms with van der Waals surface area (Å²) >= 11 is 6.03. The molecule has 8 heteroatoms. The van der Waals surface area contributed by atoms with Crippen LogP contribution in [0.5, 0.6) is 5.75 Å². The first-order valence-electron chi connectivity index (χ1n) is 11.3. The van der Waals surface area contributed by atoms with Crippen LogP contribution in [-0.2, 0) is 19.2 Å². The molecule has 0 N–H and O–H groups in total. The van der Waals surface area contributed by atoms with Gasteiger partial charge in [-0.2, -0.15) is 0 Å². The van der Waals surface area contributed by atoms with Crippen LogP contribution < -0.4 is 14.5 Å². The summed E-state index contributed by atoms with van der Waals surface area (Å²) in [5.74, 6) is -1.83. The Labute approximate surface area is 200 Å². The zero-order valence-electron chi connectivity index (χ0n) is 18.1. The van der Waals surface area contributed by atoms with Gasteiger partial charge in [0.05, 0.1) is 23.4 Å². The van der Waals surface area contributed by atoms with E-state index in [-0.39, 0.29) is 60.1 Å². The normalized spacial score (nSPS) is 29.3. The van der Waals surface area contributed by atoms with E-state index < -0.39 is 11.9 Å². The molecular formula is C26H21ClN2O5. The molecule has 7 nitrogen and oxygen atoms in total. The largest absolute Gasteiger partial charge is 0.426 e. The average molecular weight is 477 g/mol. The topological polar surface area (TPSA) is 84.0 Å². The van der Waals surface area contributed by atoms with E-state index >= 15 is 0 Å². The first-order chi connectivity index (χ1) is 16.4. The summed E-state index contributed by atoms with van der Waals surface area (Å²) in [5.41, 5.74) is 1.03. The zero-order chi connectivity index (χ0) is 23.6. The highest BCUT2D eigenvalue weighted by molar-refractivity contribution is 6.31. The Balaban J connectivity index is 1.17. The smallest absolute Gasteiger partial charge is 0.316 e. The summed E-state index contributed by atoms with van der Waals surface area (Å²) in [6.45, 7) is 0.194. The van der Waals surface area contributed by atoms with Gasteiger partial charge in [0.1, 0.15) is 5.75 Å². The van der Waals surface area contributed by atoms with Crippen molar-refractivity contribution in [3.63, 3.8) is 0 Å². The van der Waals surface area contributed by atoms with Gasteiger partial charge in [-0.25, -0.2) is 4.90 Å². The van der Waals surface area contributed by atoms with E-state index in [0.717, 1.165) is 6.42 Å². The monoisotopic (exact) mass is 476 g/mol. The van der Waals surface area contributed by atoms with E-state index in [9.17, 15) is 19.2 Å². The third-order valence-corrected chi connectivity index (χ3v) is 7.58. The lowest BCUT2D eigenvalue weighted by Crippen LogP contribution is -2.32. The van der Waals surface area contributed by atoms with Gasteiger partial charge in [0, 0.05) is 29.7 Å². The number of anilines is 2. The van der Waals surface area contributed by atoms with Gasteiger partial charge in [-0.3, -0.25) is 19.2 Å². The van der Waals surface area contributed by atoms with Crippen LogP contribution in [0.15, 0.2) is 60.7 Å². The predicted molar refractivity (Wildman–Crippen MR) is 124 cm³/mol. The molecule has 2 aromatic carbocycles. The first-order valence-corrected chi connectivity index (χ1v) is 11.7. The third-order valence-electron chi connectivity index (χ3n) is 7.34. The summed E-state index contributed by atoms with van der Waals surface area (Å²) in [6.07, 6.45) is 5.00. The van der Waals surface area contributed by atoms with Crippen LogP contribution in [0.2, 0.25) is 5.02 Å². The lowest BCUT2D eigenvalue weighted by atomic mass is 9.85. The lowest BCUT2D eigenvalue weighted by molar-refractivity contribution is -0.139. The van der Waals surface area contributed by atoms with Gasteiger partial charge in [0.15, 0.2) is 0 Å². The number of carbonyl (C=O) groups excluding carboxylic acids is 4. The number of nitrogens with zero attached hydrogens (tertiary/aromatic N) is 2. The maximum atomic E-state index is 13.1. The number of hydrogen-bond donors (Lipinski definition) is 0. The Morgan fingerprint density at radius 1 is 0.912 bits per heavy atom. The number of benzene rings is 2. The van der Waals surface area contributed by atoms with Crippen molar-refractivity contribution in [2.45, 2.75) is 12.8 Å². The zero-order valence-corrected chi connectivity index (χ0v) is 18.9. The van der Waals surface area contributed by atoms with Crippen molar-refractivity contribution in [3.05, 3.63) is 65.7 Å². The molecular weight excluding hydrogens is 456 g/mol. The van der Waals surface area contributed by atoms with Crippen molar-refractivity contribution in [2.75, 3.05) is 16.3 Å². The summed E-state index contributed by atoms with van der Waals surface area (Å²) in [7, 11) is 0. The van der Waals surface area contributed by atoms with E-state index in [1.165, 1.54) is 15.9 Å². The molecule has 2 bridgehead atoms. The average Bonchev–Trinajstić information content (AvgIpc) is 3.57. The van der Waals surface area contributed by atoms with Crippen LogP contribution in [-0.4, -0.2) is 30.2 Å². The van der Waals surface area contributed by atoms with Gasteiger partial charge in [0.25, 0.3) is 0 Å². The quantitative estimate of drug-likeness (QED) is 0.291. The van der Waals surface area contributed by atoms with Crippen LogP contribution >= 0.6 is 11.6 Å². The summed E-state index contributed by atoms with van der Waals surface area (Å²) in [4.78, 5) is 54.2. The number of allylic oxidation sites excluding steroid dienone is 2. The maximum Gasteiger partial charge on any atom is 0.316 e. The van der Waals surface area contributed by atoms with Crippen LogP contribution in [0, 0.1) is 29.6 Å². The van der Waals surface area contributed by atoms with Crippen molar-refractivity contribution in [3.8, 4) is 5.75 Å². The SMILES string of the molecule is O=C(Oc1cccc(N2C(=O)[C@@H]3[C@H](C2=O)[C@H]2C=C[C@H]3C2)c1)[C@@H]1CC(=O)N(c2cccc(Cl)c2)C1. The highest BCUT2D eigenvalue weighted by Gasteiger charge is 2.59. The summed E-state index contributed by atoms with van der Waals surface area (Å²) in [6, 6.07) is 13.4. The molecule has 0 radical (unpaired) electrons. The molecule has 2 aliphatic carbocycles. The molecule has 2 aromatic rings. The number of fused-ring (bicyclic) bond motifs is 5. The number of hydrogen-bond acceptors (Lipinski definition) is 5. The van der Waals surface area contributed by atoms with E-state index in [2.05, 4.69) is 0 Å². The van der Waals surface area contributed by atoms with E-state index in [0.29, 0.717) is 16.4 Å². The second kappa shape index (κ2) is 7.81. The minimum absolute atomic E-state index is 0.0350. The number of carbonyl (C=O) groups is 4. The number of halogens is 1. The van der Waals surface area contributed by atoms with Gasteiger partial charge in [-0.05, 0) is 48.6 Å². The minimum atomic E-state index is -0.633. The molecule has 6 rings (SSSR count). The van der Waals surface area contributed by atoms with Gasteiger partial charge >= 0.3 is 5.97 Å². The van der Waals surface area contributed by atoms with Crippen molar-refractivity contribution in [1.29, 1.82) is 0 Å². The maximum absolute atomic E-state index is 13.1. The molecule has 2 heterocycles. The summed E-state index contributed by atoms with van der Waals surface area (Å²) < 4.78 is 5.57. The number of imide groups is 1. The van der Waals surface area contributed by atoms with Crippen molar-refractivity contribution in [1.82, 2.24) is 0 Å². The number of rotatable bonds is 4. The van der Waals surface area contributed by atoms with Crippen molar-refractivity contribution in [2.24, 2.45) is 29.6 Å². The van der Waals surface area contributed by atoms with Gasteiger partial charge < -0.3 is 9.64 Å². The van der Waals surface area contributed by atoms with Crippen molar-refractivity contribution < 1.29 is 23.9 Å². The highest BCUT2D eigenvalue weighted by atomic mass is 35.5. The molecule has 2 aliphatic heterocycles. The van der Waals surface area contributed by atoms with Crippen LogP contribution in [0.4, 0.5) is 11.4 Å². The summed E-state index contributed by atoms with van der Waals surface area (Å²) in [5, 5.41) is 0.507. The molecule has 3 fully saturated rings. The molecule has 0 unspecified atom stereocenters. The lowest BCUT2D eigenvalue weighted by Gasteiger charge is -2.18. The molecule has 3 amide bonds. The van der Waals surface area contributed by atoms with Gasteiger partial charge in [-0.15, -0.1) is 0 Å². The third kappa shape index (κ3) is 3.26. The second-order valence-corrected chi connectivity index (χ2v) is 9.75. The Kier molecular flexibility index (Phi) is 4.85. The van der Waals surface area contributed by atoms with Crippen molar-refractivity contribution >= 4 is 46.7 Å².